The van der Waals surface area contributed by atoms with Gasteiger partial charge in [0, 0.05) is 39.3 Å². The van der Waals surface area contributed by atoms with Crippen molar-refractivity contribution in [1.29, 1.82) is 0 Å². The lowest BCUT2D eigenvalue weighted by Crippen LogP contribution is -2.47. The molecule has 0 spiro atoms. The highest BCUT2D eigenvalue weighted by atomic mass is 16.3. The van der Waals surface area contributed by atoms with Crippen molar-refractivity contribution in [1.82, 2.24) is 15.1 Å². The number of urea groups is 1. The minimum atomic E-state index is -0.519. The van der Waals surface area contributed by atoms with Gasteiger partial charge in [-0.15, -0.1) is 0 Å². The molecule has 1 aromatic rings. The summed E-state index contributed by atoms with van der Waals surface area (Å²) in [5.41, 5.74) is 2.76. The highest BCUT2D eigenvalue weighted by Gasteiger charge is 2.20. The number of carbonyl (C=O) groups is 1. The summed E-state index contributed by atoms with van der Waals surface area (Å²) < 4.78 is 0. The number of benzene rings is 1. The number of fused-ring (bicyclic) bond motifs is 1. The molecule has 5 heteroatoms. The van der Waals surface area contributed by atoms with E-state index in [9.17, 15) is 9.90 Å². The third-order valence-corrected chi connectivity index (χ3v) is 4.81. The second-order valence-corrected chi connectivity index (χ2v) is 6.64. The average molecular weight is 317 g/mol. The van der Waals surface area contributed by atoms with E-state index >= 15 is 0 Å². The Morgan fingerprint density at radius 2 is 1.87 bits per heavy atom. The van der Waals surface area contributed by atoms with Gasteiger partial charge >= 0.3 is 6.03 Å². The number of hydrogen-bond donors (Lipinski definition) is 2. The Hall–Kier alpha value is -1.59. The smallest absolute Gasteiger partial charge is 0.317 e. The lowest BCUT2D eigenvalue weighted by molar-refractivity contribution is 0.103. The molecule has 0 aliphatic carbocycles. The Labute approximate surface area is 138 Å². The number of rotatable bonds is 4. The van der Waals surface area contributed by atoms with E-state index in [0.717, 1.165) is 45.4 Å². The van der Waals surface area contributed by atoms with Gasteiger partial charge in [-0.05, 0) is 36.8 Å². The van der Waals surface area contributed by atoms with Gasteiger partial charge in [0.15, 0.2) is 0 Å². The quantitative estimate of drug-likeness (QED) is 0.887. The number of nitrogens with zero attached hydrogens (tertiary/aromatic N) is 2. The molecule has 2 aliphatic rings. The molecule has 2 aliphatic heterocycles. The molecular weight excluding hydrogens is 290 g/mol. The van der Waals surface area contributed by atoms with E-state index in [4.69, 9.17) is 0 Å². The lowest BCUT2D eigenvalue weighted by Gasteiger charge is -2.31. The molecule has 1 aromatic carbocycles. The van der Waals surface area contributed by atoms with Crippen LogP contribution in [0.1, 0.15) is 30.4 Å². The fourth-order valence-corrected chi connectivity index (χ4v) is 3.49. The minimum absolute atomic E-state index is 0.0345. The first-order valence-corrected chi connectivity index (χ1v) is 8.72. The first-order valence-electron chi connectivity index (χ1n) is 8.72. The number of aliphatic hydroxyl groups is 1. The standard InChI is InChI=1S/C18H27N3O2/c22-17(12-19-18(23)21-9-4-1-5-10-21)14-20-11-8-15-6-2-3-7-16(15)13-20/h2-3,6-7,17,22H,1,4-5,8-14H2,(H,19,23)/t17-/m0/s1. The summed E-state index contributed by atoms with van der Waals surface area (Å²) in [6, 6.07) is 8.46. The Morgan fingerprint density at radius 1 is 1.13 bits per heavy atom. The molecule has 0 unspecified atom stereocenters. The molecule has 126 valence electrons. The maximum absolute atomic E-state index is 12.0. The minimum Gasteiger partial charge on any atom is -0.390 e. The van der Waals surface area contributed by atoms with E-state index in [0.29, 0.717) is 13.1 Å². The van der Waals surface area contributed by atoms with Gasteiger partial charge in [-0.3, -0.25) is 4.90 Å². The van der Waals surface area contributed by atoms with Crippen molar-refractivity contribution in [3.05, 3.63) is 35.4 Å². The van der Waals surface area contributed by atoms with Gasteiger partial charge in [0.05, 0.1) is 6.10 Å². The zero-order chi connectivity index (χ0) is 16.1. The first kappa shape index (κ1) is 16.3. The Morgan fingerprint density at radius 3 is 2.65 bits per heavy atom. The molecule has 0 saturated carbocycles. The molecular formula is C18H27N3O2. The van der Waals surface area contributed by atoms with Crippen LogP contribution in [0.3, 0.4) is 0 Å². The number of carbonyl (C=O) groups excluding carboxylic acids is 1. The maximum Gasteiger partial charge on any atom is 0.317 e. The lowest BCUT2D eigenvalue weighted by atomic mass is 10.00. The van der Waals surface area contributed by atoms with Gasteiger partial charge in [0.1, 0.15) is 0 Å². The van der Waals surface area contributed by atoms with Crippen LogP contribution in [-0.2, 0) is 13.0 Å². The highest BCUT2D eigenvalue weighted by Crippen LogP contribution is 2.18. The van der Waals surface area contributed by atoms with Crippen LogP contribution in [0.25, 0.3) is 0 Å². The molecule has 2 heterocycles. The van der Waals surface area contributed by atoms with Gasteiger partial charge in [-0.2, -0.15) is 0 Å². The third kappa shape index (κ3) is 4.45. The van der Waals surface area contributed by atoms with Crippen molar-refractivity contribution >= 4 is 6.03 Å². The van der Waals surface area contributed by atoms with Crippen LogP contribution in [0.5, 0.6) is 0 Å². The molecule has 0 bridgehead atoms. The van der Waals surface area contributed by atoms with E-state index in [2.05, 4.69) is 34.5 Å². The van der Waals surface area contributed by atoms with E-state index in [1.54, 1.807) is 0 Å². The van der Waals surface area contributed by atoms with Gasteiger partial charge in [-0.1, -0.05) is 24.3 Å². The second kappa shape index (κ2) is 7.79. The molecule has 1 saturated heterocycles. The summed E-state index contributed by atoms with van der Waals surface area (Å²) in [5.74, 6) is 0. The molecule has 23 heavy (non-hydrogen) atoms. The summed E-state index contributed by atoms with van der Waals surface area (Å²) >= 11 is 0. The summed E-state index contributed by atoms with van der Waals surface area (Å²) in [5, 5.41) is 13.1. The fourth-order valence-electron chi connectivity index (χ4n) is 3.49. The van der Waals surface area contributed by atoms with E-state index in [1.165, 1.54) is 17.5 Å². The third-order valence-electron chi connectivity index (χ3n) is 4.81. The van der Waals surface area contributed by atoms with Crippen LogP contribution in [0.4, 0.5) is 4.79 Å². The number of aliphatic hydroxyl groups excluding tert-OH is 1. The van der Waals surface area contributed by atoms with E-state index in [1.807, 2.05) is 4.90 Å². The Bertz CT molecular complexity index is 529. The molecule has 1 fully saturated rings. The number of hydrogen-bond acceptors (Lipinski definition) is 3. The van der Waals surface area contributed by atoms with Crippen molar-refractivity contribution in [2.24, 2.45) is 0 Å². The van der Waals surface area contributed by atoms with E-state index in [-0.39, 0.29) is 6.03 Å². The zero-order valence-corrected chi connectivity index (χ0v) is 13.7. The number of β-amino-alcohol motifs (C(OH)–C–C–N with tert-alkyl or cyclic N) is 1. The second-order valence-electron chi connectivity index (χ2n) is 6.64. The number of nitrogens with one attached hydrogen (secondary N) is 1. The monoisotopic (exact) mass is 317 g/mol. The number of amides is 2. The van der Waals surface area contributed by atoms with Gasteiger partial charge in [-0.25, -0.2) is 4.79 Å². The fraction of sp³-hybridized carbons (Fsp3) is 0.611. The first-order chi connectivity index (χ1) is 11.2. The topological polar surface area (TPSA) is 55.8 Å². The van der Waals surface area contributed by atoms with Crippen LogP contribution in [0, 0.1) is 0 Å². The van der Waals surface area contributed by atoms with Crippen LogP contribution in [0.15, 0.2) is 24.3 Å². The van der Waals surface area contributed by atoms with Crippen LogP contribution in [-0.4, -0.2) is 59.8 Å². The normalized spacial score (nSPS) is 20.0. The predicted molar refractivity (Wildman–Crippen MR) is 90.3 cm³/mol. The van der Waals surface area contributed by atoms with Gasteiger partial charge in [0.25, 0.3) is 0 Å². The van der Waals surface area contributed by atoms with Crippen molar-refractivity contribution in [2.75, 3.05) is 32.7 Å². The summed E-state index contributed by atoms with van der Waals surface area (Å²) in [6.07, 6.45) is 3.90. The van der Waals surface area contributed by atoms with Crippen molar-refractivity contribution < 1.29 is 9.90 Å². The summed E-state index contributed by atoms with van der Waals surface area (Å²) in [6.45, 7) is 4.46. The van der Waals surface area contributed by atoms with Crippen molar-refractivity contribution in [3.63, 3.8) is 0 Å². The molecule has 2 N–H and O–H groups in total. The highest BCUT2D eigenvalue weighted by molar-refractivity contribution is 5.74. The summed E-state index contributed by atoms with van der Waals surface area (Å²) in [7, 11) is 0. The molecule has 1 atom stereocenters. The number of likely N-dealkylation sites (tertiary alicyclic amines) is 1. The van der Waals surface area contributed by atoms with Crippen LogP contribution >= 0.6 is 0 Å². The molecule has 0 radical (unpaired) electrons. The molecule has 3 rings (SSSR count). The Kier molecular flexibility index (Phi) is 5.51. The van der Waals surface area contributed by atoms with Crippen molar-refractivity contribution in [2.45, 2.75) is 38.3 Å². The SMILES string of the molecule is O=C(NC[C@H](O)CN1CCc2ccccc2C1)N1CCCCC1. The molecule has 5 nitrogen and oxygen atoms in total. The zero-order valence-electron chi connectivity index (χ0n) is 13.7. The predicted octanol–water partition coefficient (Wildman–Crippen LogP) is 1.60. The van der Waals surface area contributed by atoms with E-state index < -0.39 is 6.10 Å². The van der Waals surface area contributed by atoms with Gasteiger partial charge < -0.3 is 15.3 Å². The summed E-state index contributed by atoms with van der Waals surface area (Å²) in [4.78, 5) is 16.2. The largest absolute Gasteiger partial charge is 0.390 e. The maximum atomic E-state index is 12.0. The van der Waals surface area contributed by atoms with Crippen LogP contribution < -0.4 is 5.32 Å². The molecule has 0 aromatic heterocycles. The van der Waals surface area contributed by atoms with Crippen LogP contribution in [0.2, 0.25) is 0 Å². The van der Waals surface area contributed by atoms with Gasteiger partial charge in [0.2, 0.25) is 0 Å². The molecule has 2 amide bonds. The Balaban J connectivity index is 1.41. The van der Waals surface area contributed by atoms with Crippen molar-refractivity contribution in [3.8, 4) is 0 Å². The number of piperidine rings is 1. The average Bonchev–Trinajstić information content (AvgIpc) is 2.60.